The summed E-state index contributed by atoms with van der Waals surface area (Å²) >= 11 is 0. The number of hydrogen-bond donors (Lipinski definition) is 1. The van der Waals surface area contributed by atoms with Crippen molar-refractivity contribution >= 4 is 5.91 Å². The van der Waals surface area contributed by atoms with Crippen molar-refractivity contribution in [2.24, 2.45) is 11.1 Å². The van der Waals surface area contributed by atoms with Crippen molar-refractivity contribution in [3.8, 4) is 0 Å². The van der Waals surface area contributed by atoms with Crippen LogP contribution in [0.5, 0.6) is 0 Å². The van der Waals surface area contributed by atoms with Gasteiger partial charge in [0.15, 0.2) is 11.6 Å². The lowest BCUT2D eigenvalue weighted by molar-refractivity contribution is 0.0689. The van der Waals surface area contributed by atoms with Gasteiger partial charge in [0.05, 0.1) is 0 Å². The molecule has 0 spiro atoms. The van der Waals surface area contributed by atoms with Gasteiger partial charge >= 0.3 is 0 Å². The Morgan fingerprint density at radius 1 is 1.30 bits per heavy atom. The molecule has 1 amide bonds. The van der Waals surface area contributed by atoms with Crippen LogP contribution < -0.4 is 5.73 Å². The zero-order valence-electron chi connectivity index (χ0n) is 12.2. The van der Waals surface area contributed by atoms with Crippen LogP contribution in [0.15, 0.2) is 18.2 Å². The second-order valence-corrected chi connectivity index (χ2v) is 5.72. The van der Waals surface area contributed by atoms with Gasteiger partial charge in [-0.05, 0) is 36.6 Å². The molecule has 2 N–H and O–H groups in total. The summed E-state index contributed by atoms with van der Waals surface area (Å²) in [6.07, 6.45) is 0.788. The average Bonchev–Trinajstić information content (AvgIpc) is 2.40. The molecule has 0 aromatic heterocycles. The van der Waals surface area contributed by atoms with Crippen LogP contribution in [-0.4, -0.2) is 30.4 Å². The van der Waals surface area contributed by atoms with E-state index in [0.717, 1.165) is 18.6 Å². The van der Waals surface area contributed by atoms with Crippen LogP contribution in [0.4, 0.5) is 8.78 Å². The van der Waals surface area contributed by atoms with Crippen molar-refractivity contribution in [3.05, 3.63) is 35.4 Å². The van der Waals surface area contributed by atoms with Gasteiger partial charge in [-0.2, -0.15) is 0 Å². The van der Waals surface area contributed by atoms with E-state index in [9.17, 15) is 13.6 Å². The third-order valence-corrected chi connectivity index (χ3v) is 3.12. The van der Waals surface area contributed by atoms with Gasteiger partial charge in [-0.15, -0.1) is 0 Å². The summed E-state index contributed by atoms with van der Waals surface area (Å²) in [5.41, 5.74) is 5.62. The van der Waals surface area contributed by atoms with E-state index in [1.54, 1.807) is 4.90 Å². The summed E-state index contributed by atoms with van der Waals surface area (Å²) in [7, 11) is 0. The van der Waals surface area contributed by atoms with E-state index in [1.807, 2.05) is 20.8 Å². The first kappa shape index (κ1) is 16.6. The lowest BCUT2D eigenvalue weighted by Gasteiger charge is -2.31. The summed E-state index contributed by atoms with van der Waals surface area (Å²) < 4.78 is 26.1. The lowest BCUT2D eigenvalue weighted by atomic mass is 9.92. The molecule has 0 unspecified atom stereocenters. The Hall–Kier alpha value is -1.49. The second-order valence-electron chi connectivity index (χ2n) is 5.72. The third-order valence-electron chi connectivity index (χ3n) is 3.12. The maximum atomic E-state index is 13.2. The van der Waals surface area contributed by atoms with Crippen molar-refractivity contribution in [2.75, 3.05) is 19.6 Å². The number of rotatable bonds is 6. The van der Waals surface area contributed by atoms with Crippen molar-refractivity contribution in [1.82, 2.24) is 4.90 Å². The molecular weight excluding hydrogens is 262 g/mol. The number of hydrogen-bond acceptors (Lipinski definition) is 2. The Morgan fingerprint density at radius 2 is 1.95 bits per heavy atom. The van der Waals surface area contributed by atoms with Gasteiger partial charge < -0.3 is 10.6 Å². The second kappa shape index (κ2) is 6.79. The van der Waals surface area contributed by atoms with Crippen LogP contribution in [0.2, 0.25) is 0 Å². The molecule has 20 heavy (non-hydrogen) atoms. The molecule has 1 rings (SSSR count). The Morgan fingerprint density at radius 3 is 2.45 bits per heavy atom. The molecule has 0 aliphatic heterocycles. The zero-order chi connectivity index (χ0) is 15.3. The minimum atomic E-state index is -1.01. The fourth-order valence-corrected chi connectivity index (χ4v) is 1.92. The highest BCUT2D eigenvalue weighted by Crippen LogP contribution is 2.18. The molecule has 112 valence electrons. The van der Waals surface area contributed by atoms with E-state index >= 15 is 0 Å². The van der Waals surface area contributed by atoms with Crippen molar-refractivity contribution in [1.29, 1.82) is 0 Å². The highest BCUT2D eigenvalue weighted by atomic mass is 19.2. The molecule has 0 heterocycles. The Kier molecular flexibility index (Phi) is 5.62. The monoisotopic (exact) mass is 284 g/mol. The molecule has 0 fully saturated rings. The molecule has 1 aromatic rings. The van der Waals surface area contributed by atoms with Crippen LogP contribution >= 0.6 is 0 Å². The molecular formula is C15H22F2N2O. The Balaban J connectivity index is 2.96. The number of amides is 1. The molecule has 0 saturated heterocycles. The summed E-state index contributed by atoms with van der Waals surface area (Å²) in [6.45, 7) is 7.37. The minimum absolute atomic E-state index is 0.158. The predicted octanol–water partition coefficient (Wildman–Crippen LogP) is 2.80. The molecule has 3 nitrogen and oxygen atoms in total. The predicted molar refractivity (Wildman–Crippen MR) is 75.4 cm³/mol. The first-order valence-electron chi connectivity index (χ1n) is 6.75. The Bertz CT molecular complexity index is 475. The summed E-state index contributed by atoms with van der Waals surface area (Å²) in [5, 5.41) is 0. The highest BCUT2D eigenvalue weighted by Gasteiger charge is 2.24. The number of nitrogens with two attached hydrogens (primary N) is 1. The lowest BCUT2D eigenvalue weighted by Crippen LogP contribution is -2.42. The molecule has 0 radical (unpaired) electrons. The van der Waals surface area contributed by atoms with Crippen LogP contribution in [0, 0.1) is 17.0 Å². The molecule has 5 heteroatoms. The van der Waals surface area contributed by atoms with Crippen LogP contribution in [0.1, 0.15) is 37.6 Å². The topological polar surface area (TPSA) is 46.3 Å². The molecule has 1 aromatic carbocycles. The van der Waals surface area contributed by atoms with Crippen LogP contribution in [0.25, 0.3) is 0 Å². The number of carbonyl (C=O) groups excluding carboxylic acids is 1. The Labute approximate surface area is 118 Å². The molecule has 0 saturated carbocycles. The van der Waals surface area contributed by atoms with Gasteiger partial charge in [0, 0.05) is 18.7 Å². The normalized spacial score (nSPS) is 11.5. The number of nitrogens with zero attached hydrogens (tertiary/aromatic N) is 1. The van der Waals surface area contributed by atoms with Gasteiger partial charge in [0.2, 0.25) is 0 Å². The summed E-state index contributed by atoms with van der Waals surface area (Å²) in [6, 6.07) is 3.22. The quantitative estimate of drug-likeness (QED) is 0.873. The van der Waals surface area contributed by atoms with E-state index in [4.69, 9.17) is 5.73 Å². The maximum absolute atomic E-state index is 13.2. The van der Waals surface area contributed by atoms with E-state index in [2.05, 4.69) is 0 Å². The van der Waals surface area contributed by atoms with Crippen LogP contribution in [0.3, 0.4) is 0 Å². The third kappa shape index (κ3) is 4.27. The van der Waals surface area contributed by atoms with Crippen molar-refractivity contribution in [2.45, 2.75) is 27.2 Å². The fraction of sp³-hybridized carbons (Fsp3) is 0.533. The first-order valence-corrected chi connectivity index (χ1v) is 6.75. The van der Waals surface area contributed by atoms with E-state index < -0.39 is 11.6 Å². The van der Waals surface area contributed by atoms with Gasteiger partial charge in [0.1, 0.15) is 0 Å². The largest absolute Gasteiger partial charge is 0.338 e. The van der Waals surface area contributed by atoms with Gasteiger partial charge in [-0.25, -0.2) is 8.78 Å². The molecule has 0 aliphatic carbocycles. The van der Waals surface area contributed by atoms with Crippen molar-refractivity contribution < 1.29 is 13.6 Å². The van der Waals surface area contributed by atoms with E-state index in [1.165, 1.54) is 6.07 Å². The van der Waals surface area contributed by atoms with Crippen LogP contribution in [-0.2, 0) is 0 Å². The summed E-state index contributed by atoms with van der Waals surface area (Å²) in [4.78, 5) is 14.0. The fourth-order valence-electron chi connectivity index (χ4n) is 1.92. The molecule has 0 bridgehead atoms. The van der Waals surface area contributed by atoms with Gasteiger partial charge in [0.25, 0.3) is 5.91 Å². The highest BCUT2D eigenvalue weighted by molar-refractivity contribution is 5.94. The number of halogens is 2. The number of carbonyl (C=O) groups is 1. The maximum Gasteiger partial charge on any atom is 0.253 e. The number of benzene rings is 1. The van der Waals surface area contributed by atoms with E-state index in [0.29, 0.717) is 19.6 Å². The van der Waals surface area contributed by atoms with Gasteiger partial charge in [-0.3, -0.25) is 4.79 Å². The van der Waals surface area contributed by atoms with E-state index in [-0.39, 0.29) is 16.9 Å². The SMILES string of the molecule is CCCN(CC(C)(C)CN)C(=O)c1ccc(F)c(F)c1. The summed E-state index contributed by atoms with van der Waals surface area (Å²) in [5.74, 6) is -2.26. The van der Waals surface area contributed by atoms with Crippen molar-refractivity contribution in [3.63, 3.8) is 0 Å². The average molecular weight is 284 g/mol. The first-order chi connectivity index (χ1) is 9.30. The zero-order valence-corrected chi connectivity index (χ0v) is 12.2. The molecule has 0 aliphatic rings. The molecule has 0 atom stereocenters. The van der Waals surface area contributed by atoms with Gasteiger partial charge in [-0.1, -0.05) is 20.8 Å². The smallest absolute Gasteiger partial charge is 0.253 e. The standard InChI is InChI=1S/C15H22F2N2O/c1-4-7-19(10-15(2,3)9-18)14(20)11-5-6-12(16)13(17)8-11/h5-6,8H,4,7,9-10,18H2,1-3H3. The minimum Gasteiger partial charge on any atom is -0.338 e.